The minimum Gasteiger partial charge on any atom is -0.357 e. The second-order valence-corrected chi connectivity index (χ2v) is 6.48. The molecular formula is C18H23N3O2. The van der Waals surface area contributed by atoms with E-state index >= 15 is 0 Å². The number of H-pyrrole nitrogens is 1. The molecule has 0 radical (unpaired) electrons. The highest BCUT2D eigenvalue weighted by molar-refractivity contribution is 5.84. The number of nitrogens with zero attached hydrogens (tertiary/aromatic N) is 1. The number of carbonyl (C=O) groups excluding carboxylic acids is 1. The highest BCUT2D eigenvalue weighted by atomic mass is 16.1. The van der Waals surface area contributed by atoms with Crippen LogP contribution in [0.3, 0.4) is 0 Å². The third-order valence-electron chi connectivity index (χ3n) is 4.68. The third-order valence-corrected chi connectivity index (χ3v) is 4.68. The largest absolute Gasteiger partial charge is 0.357 e. The molecule has 2 aromatic rings. The first-order valence-corrected chi connectivity index (χ1v) is 8.08. The fourth-order valence-electron chi connectivity index (χ4n) is 3.20. The summed E-state index contributed by atoms with van der Waals surface area (Å²) in [5, 5.41) is 3.69. The molecule has 122 valence electrons. The van der Waals surface area contributed by atoms with Gasteiger partial charge in [0.15, 0.2) is 5.43 Å². The minimum atomic E-state index is 0.0617. The van der Waals surface area contributed by atoms with Gasteiger partial charge in [-0.2, -0.15) is 0 Å². The van der Waals surface area contributed by atoms with E-state index in [0.29, 0.717) is 26.1 Å². The molecular weight excluding hydrogens is 290 g/mol. The van der Waals surface area contributed by atoms with Crippen molar-refractivity contribution in [1.29, 1.82) is 0 Å². The normalized spacial score (nSPS) is 19.6. The van der Waals surface area contributed by atoms with Crippen molar-refractivity contribution >= 4 is 16.8 Å². The van der Waals surface area contributed by atoms with Crippen LogP contribution in [0.1, 0.15) is 30.2 Å². The maximum absolute atomic E-state index is 12.5. The Morgan fingerprint density at radius 3 is 2.74 bits per heavy atom. The molecule has 1 amide bonds. The summed E-state index contributed by atoms with van der Waals surface area (Å²) in [7, 11) is 0. The maximum Gasteiger partial charge on any atom is 0.221 e. The quantitative estimate of drug-likeness (QED) is 0.889. The molecule has 2 N–H and O–H groups in total. The molecule has 0 spiro atoms. The number of fused-ring (bicyclic) bond motifs is 1. The van der Waals surface area contributed by atoms with Crippen molar-refractivity contribution in [3.05, 3.63) is 45.2 Å². The van der Waals surface area contributed by atoms with Gasteiger partial charge in [-0.15, -0.1) is 0 Å². The summed E-state index contributed by atoms with van der Waals surface area (Å²) in [6.45, 7) is 8.08. The first kappa shape index (κ1) is 15.7. The Morgan fingerprint density at radius 1 is 1.22 bits per heavy atom. The molecule has 1 saturated heterocycles. The summed E-state index contributed by atoms with van der Waals surface area (Å²) in [5.41, 5.74) is 3.95. The number of rotatable bonds is 2. The van der Waals surface area contributed by atoms with Gasteiger partial charge < -0.3 is 10.3 Å². The molecule has 0 aliphatic carbocycles. The van der Waals surface area contributed by atoms with Crippen LogP contribution in [0.15, 0.2) is 23.0 Å². The molecule has 5 heteroatoms. The van der Waals surface area contributed by atoms with Gasteiger partial charge in [-0.1, -0.05) is 12.1 Å². The van der Waals surface area contributed by atoms with Crippen molar-refractivity contribution in [1.82, 2.24) is 15.2 Å². The number of benzene rings is 1. The van der Waals surface area contributed by atoms with E-state index in [4.69, 9.17) is 0 Å². The van der Waals surface area contributed by atoms with Gasteiger partial charge in [0.05, 0.1) is 5.52 Å². The summed E-state index contributed by atoms with van der Waals surface area (Å²) in [5.74, 6) is 0.0952. The van der Waals surface area contributed by atoms with Crippen molar-refractivity contribution in [2.75, 3.05) is 13.1 Å². The number of hydrogen-bond acceptors (Lipinski definition) is 3. The Morgan fingerprint density at radius 2 is 1.96 bits per heavy atom. The van der Waals surface area contributed by atoms with Crippen LogP contribution in [-0.4, -0.2) is 34.9 Å². The Bertz CT molecular complexity index is 810. The fourth-order valence-corrected chi connectivity index (χ4v) is 3.20. The second kappa shape index (κ2) is 6.16. The van der Waals surface area contributed by atoms with Crippen LogP contribution in [0.25, 0.3) is 10.9 Å². The van der Waals surface area contributed by atoms with E-state index in [9.17, 15) is 9.59 Å². The lowest BCUT2D eigenvalue weighted by Gasteiger charge is -2.26. The molecule has 0 saturated carbocycles. The molecule has 1 atom stereocenters. The maximum atomic E-state index is 12.5. The van der Waals surface area contributed by atoms with Crippen molar-refractivity contribution in [3.63, 3.8) is 0 Å². The Balaban J connectivity index is 1.96. The third kappa shape index (κ3) is 3.15. The van der Waals surface area contributed by atoms with Crippen LogP contribution in [0.2, 0.25) is 0 Å². The predicted molar refractivity (Wildman–Crippen MR) is 91.5 cm³/mol. The summed E-state index contributed by atoms with van der Waals surface area (Å²) >= 11 is 0. The van der Waals surface area contributed by atoms with Crippen LogP contribution < -0.4 is 10.7 Å². The molecule has 1 aliphatic rings. The van der Waals surface area contributed by atoms with Gasteiger partial charge in [0.1, 0.15) is 0 Å². The van der Waals surface area contributed by atoms with Gasteiger partial charge in [0.2, 0.25) is 5.91 Å². The number of carbonyl (C=O) groups is 1. The van der Waals surface area contributed by atoms with Gasteiger partial charge in [0, 0.05) is 49.2 Å². The lowest BCUT2D eigenvalue weighted by atomic mass is 10.0. The van der Waals surface area contributed by atoms with E-state index < -0.39 is 0 Å². The minimum absolute atomic E-state index is 0.0617. The number of aryl methyl sites for hydroxylation is 2. The first-order valence-electron chi connectivity index (χ1n) is 8.08. The number of pyridine rings is 1. The highest BCUT2D eigenvalue weighted by Crippen LogP contribution is 2.18. The summed E-state index contributed by atoms with van der Waals surface area (Å²) in [6.07, 6.45) is 0.500. The molecule has 1 aliphatic heterocycles. The molecule has 1 fully saturated rings. The van der Waals surface area contributed by atoms with E-state index in [1.807, 2.05) is 26.0 Å². The zero-order valence-corrected chi connectivity index (χ0v) is 13.9. The molecule has 2 heterocycles. The topological polar surface area (TPSA) is 65.2 Å². The molecule has 23 heavy (non-hydrogen) atoms. The van der Waals surface area contributed by atoms with Gasteiger partial charge in [-0.05, 0) is 31.9 Å². The zero-order valence-electron chi connectivity index (χ0n) is 13.9. The predicted octanol–water partition coefficient (Wildman–Crippen LogP) is 1.86. The lowest BCUT2D eigenvalue weighted by Crippen LogP contribution is -2.37. The van der Waals surface area contributed by atoms with E-state index in [2.05, 4.69) is 22.1 Å². The average molecular weight is 313 g/mol. The Kier molecular flexibility index (Phi) is 4.22. The van der Waals surface area contributed by atoms with E-state index in [1.54, 1.807) is 6.07 Å². The summed E-state index contributed by atoms with van der Waals surface area (Å²) in [4.78, 5) is 29.7. The van der Waals surface area contributed by atoms with Crippen LogP contribution in [-0.2, 0) is 11.3 Å². The lowest BCUT2D eigenvalue weighted by molar-refractivity contribution is -0.120. The zero-order chi connectivity index (χ0) is 16.6. The van der Waals surface area contributed by atoms with Crippen LogP contribution in [0.4, 0.5) is 0 Å². The Hall–Kier alpha value is -2.14. The standard InChI is InChI=1S/C18H23N3O2/c1-11-4-5-12(2)18-17(11)15(22)8-14(20-18)10-21-7-6-16(23)19-9-13(21)3/h4-5,8,13H,6-7,9-10H2,1-3H3,(H,19,23)(H,20,22)/t13-/m0/s1. The van der Waals surface area contributed by atoms with Gasteiger partial charge >= 0.3 is 0 Å². The van der Waals surface area contributed by atoms with Gasteiger partial charge in [0.25, 0.3) is 0 Å². The number of nitrogens with one attached hydrogen (secondary N) is 2. The van der Waals surface area contributed by atoms with Crippen molar-refractivity contribution in [2.24, 2.45) is 0 Å². The van der Waals surface area contributed by atoms with E-state index in [-0.39, 0.29) is 17.4 Å². The summed E-state index contributed by atoms with van der Waals surface area (Å²) in [6, 6.07) is 5.97. The van der Waals surface area contributed by atoms with Gasteiger partial charge in [-0.3, -0.25) is 14.5 Å². The first-order chi connectivity index (χ1) is 11.0. The average Bonchev–Trinajstić information content (AvgIpc) is 2.66. The second-order valence-electron chi connectivity index (χ2n) is 6.48. The van der Waals surface area contributed by atoms with Gasteiger partial charge in [-0.25, -0.2) is 0 Å². The molecule has 3 rings (SSSR count). The van der Waals surface area contributed by atoms with Crippen LogP contribution in [0, 0.1) is 13.8 Å². The monoisotopic (exact) mass is 313 g/mol. The van der Waals surface area contributed by atoms with E-state index in [1.165, 1.54) is 0 Å². The Labute approximate surface area is 135 Å². The smallest absolute Gasteiger partial charge is 0.221 e. The molecule has 1 aromatic heterocycles. The van der Waals surface area contributed by atoms with Crippen molar-refractivity contribution in [2.45, 2.75) is 39.8 Å². The van der Waals surface area contributed by atoms with E-state index in [0.717, 1.165) is 27.7 Å². The fraction of sp³-hybridized carbons (Fsp3) is 0.444. The number of aromatic nitrogens is 1. The number of aromatic amines is 1. The summed E-state index contributed by atoms with van der Waals surface area (Å²) < 4.78 is 0. The van der Waals surface area contributed by atoms with Crippen LogP contribution >= 0.6 is 0 Å². The van der Waals surface area contributed by atoms with Crippen LogP contribution in [0.5, 0.6) is 0 Å². The molecule has 0 unspecified atom stereocenters. The molecule has 1 aromatic carbocycles. The number of hydrogen-bond donors (Lipinski definition) is 2. The van der Waals surface area contributed by atoms with Crippen molar-refractivity contribution < 1.29 is 4.79 Å². The SMILES string of the molecule is Cc1ccc(C)c2c(=O)cc(CN3CCC(=O)NC[C@@H]3C)[nH]c12. The van der Waals surface area contributed by atoms with Crippen molar-refractivity contribution in [3.8, 4) is 0 Å². The molecule has 5 nitrogen and oxygen atoms in total. The highest BCUT2D eigenvalue weighted by Gasteiger charge is 2.20. The molecule has 0 bridgehead atoms. The number of amides is 1.